The van der Waals surface area contributed by atoms with Crippen LogP contribution in [0.2, 0.25) is 0 Å². The Kier molecular flexibility index (Phi) is 7.30. The Labute approximate surface area is 173 Å². The summed E-state index contributed by atoms with van der Waals surface area (Å²) in [5.41, 5.74) is 6.14. The van der Waals surface area contributed by atoms with Crippen LogP contribution in [0, 0.1) is 5.92 Å². The van der Waals surface area contributed by atoms with Gasteiger partial charge < -0.3 is 20.5 Å². The van der Waals surface area contributed by atoms with Crippen molar-refractivity contribution in [1.82, 2.24) is 4.98 Å². The molecule has 1 aromatic heterocycles. The van der Waals surface area contributed by atoms with Crippen molar-refractivity contribution in [2.45, 2.75) is 46.0 Å². The first-order chi connectivity index (χ1) is 13.8. The number of pyridine rings is 1. The standard InChI is InChI=1S/C21H26F3N3O3/c1-13(2)11-20(4,25)12-29-16-5-6-17(18(10-16)30-21(22,23)24)15-7-8-26-19(9-15)27-14(3)28/h5-10,13H,11-12,25H2,1-4H3,(H,26,27,28)/t20-/m0/s1. The Morgan fingerprint density at radius 2 is 1.93 bits per heavy atom. The van der Waals surface area contributed by atoms with E-state index in [0.29, 0.717) is 17.9 Å². The smallest absolute Gasteiger partial charge is 0.492 e. The molecule has 6 nitrogen and oxygen atoms in total. The fraction of sp³-hybridized carbons (Fsp3) is 0.429. The first kappa shape index (κ1) is 23.5. The number of aromatic nitrogens is 1. The highest BCUT2D eigenvalue weighted by Crippen LogP contribution is 2.37. The van der Waals surface area contributed by atoms with Crippen molar-refractivity contribution in [2.24, 2.45) is 11.7 Å². The predicted octanol–water partition coefficient (Wildman–Crippen LogP) is 4.75. The Hall–Kier alpha value is -2.81. The minimum atomic E-state index is -4.89. The van der Waals surface area contributed by atoms with Crippen molar-refractivity contribution >= 4 is 11.7 Å². The van der Waals surface area contributed by atoms with Gasteiger partial charge in [0.25, 0.3) is 0 Å². The van der Waals surface area contributed by atoms with Crippen molar-refractivity contribution in [3.8, 4) is 22.6 Å². The molecule has 0 radical (unpaired) electrons. The molecule has 0 saturated heterocycles. The van der Waals surface area contributed by atoms with E-state index < -0.39 is 17.7 Å². The van der Waals surface area contributed by atoms with Gasteiger partial charge in [0, 0.05) is 30.3 Å². The number of amides is 1. The molecule has 0 saturated carbocycles. The summed E-state index contributed by atoms with van der Waals surface area (Å²) in [6.07, 6.45) is -2.81. The Morgan fingerprint density at radius 3 is 2.53 bits per heavy atom. The van der Waals surface area contributed by atoms with Crippen LogP contribution in [0.25, 0.3) is 11.1 Å². The second kappa shape index (κ2) is 9.34. The number of nitrogens with one attached hydrogen (secondary N) is 1. The van der Waals surface area contributed by atoms with Crippen LogP contribution in [0.5, 0.6) is 11.5 Å². The number of carbonyl (C=O) groups is 1. The van der Waals surface area contributed by atoms with Crippen LogP contribution in [0.1, 0.15) is 34.1 Å². The zero-order chi connectivity index (χ0) is 22.5. The van der Waals surface area contributed by atoms with Gasteiger partial charge in [0.1, 0.15) is 23.9 Å². The van der Waals surface area contributed by atoms with Gasteiger partial charge in [-0.3, -0.25) is 4.79 Å². The Balaban J connectivity index is 2.34. The predicted molar refractivity (Wildman–Crippen MR) is 108 cm³/mol. The number of ether oxygens (including phenoxy) is 2. The lowest BCUT2D eigenvalue weighted by Crippen LogP contribution is -2.43. The molecule has 0 spiro atoms. The van der Waals surface area contributed by atoms with Gasteiger partial charge in [-0.1, -0.05) is 13.8 Å². The lowest BCUT2D eigenvalue weighted by atomic mass is 9.93. The molecule has 2 aromatic rings. The van der Waals surface area contributed by atoms with E-state index in [4.69, 9.17) is 10.5 Å². The van der Waals surface area contributed by atoms with Crippen LogP contribution in [-0.2, 0) is 4.79 Å². The molecule has 0 aliphatic rings. The molecular formula is C21H26F3N3O3. The monoisotopic (exact) mass is 425 g/mol. The maximum Gasteiger partial charge on any atom is 0.573 e. The summed E-state index contributed by atoms with van der Waals surface area (Å²) in [6.45, 7) is 7.33. The summed E-state index contributed by atoms with van der Waals surface area (Å²) >= 11 is 0. The third-order valence-corrected chi connectivity index (χ3v) is 4.00. The van der Waals surface area contributed by atoms with E-state index in [1.54, 1.807) is 6.07 Å². The van der Waals surface area contributed by atoms with E-state index in [1.807, 2.05) is 20.8 Å². The summed E-state index contributed by atoms with van der Waals surface area (Å²) in [4.78, 5) is 15.2. The molecule has 164 valence electrons. The molecular weight excluding hydrogens is 399 g/mol. The second-order valence-electron chi connectivity index (χ2n) is 7.86. The zero-order valence-corrected chi connectivity index (χ0v) is 17.3. The maximum atomic E-state index is 13.0. The number of nitrogens with two attached hydrogens (primary N) is 1. The molecule has 1 aromatic carbocycles. The fourth-order valence-corrected chi connectivity index (χ4v) is 3.13. The third kappa shape index (κ3) is 7.55. The van der Waals surface area contributed by atoms with Gasteiger partial charge in [-0.2, -0.15) is 0 Å². The minimum absolute atomic E-state index is 0.137. The highest BCUT2D eigenvalue weighted by molar-refractivity contribution is 5.88. The third-order valence-electron chi connectivity index (χ3n) is 4.00. The maximum absolute atomic E-state index is 13.0. The Morgan fingerprint density at radius 1 is 1.23 bits per heavy atom. The van der Waals surface area contributed by atoms with Crippen molar-refractivity contribution in [3.63, 3.8) is 0 Å². The van der Waals surface area contributed by atoms with Crippen molar-refractivity contribution < 1.29 is 27.4 Å². The number of benzene rings is 1. The average Bonchev–Trinajstić information content (AvgIpc) is 2.57. The summed E-state index contributed by atoms with van der Waals surface area (Å²) in [5, 5.41) is 2.49. The first-order valence-electron chi connectivity index (χ1n) is 9.40. The number of alkyl halides is 3. The van der Waals surface area contributed by atoms with E-state index in [2.05, 4.69) is 15.0 Å². The van der Waals surface area contributed by atoms with Crippen LogP contribution in [0.3, 0.4) is 0 Å². The van der Waals surface area contributed by atoms with Gasteiger partial charge in [-0.25, -0.2) is 4.98 Å². The normalized spacial score (nSPS) is 13.6. The molecule has 1 amide bonds. The van der Waals surface area contributed by atoms with Crippen LogP contribution in [-0.4, -0.2) is 29.4 Å². The number of halogens is 3. The summed E-state index contributed by atoms with van der Waals surface area (Å²) in [7, 11) is 0. The van der Waals surface area contributed by atoms with Crippen molar-refractivity contribution in [1.29, 1.82) is 0 Å². The van der Waals surface area contributed by atoms with Crippen molar-refractivity contribution in [2.75, 3.05) is 11.9 Å². The van der Waals surface area contributed by atoms with E-state index in [1.165, 1.54) is 37.4 Å². The van der Waals surface area contributed by atoms with Gasteiger partial charge in [-0.15, -0.1) is 13.2 Å². The topological polar surface area (TPSA) is 86.5 Å². The molecule has 1 heterocycles. The zero-order valence-electron chi connectivity index (χ0n) is 17.3. The highest BCUT2D eigenvalue weighted by Gasteiger charge is 2.32. The van der Waals surface area contributed by atoms with E-state index >= 15 is 0 Å². The summed E-state index contributed by atoms with van der Waals surface area (Å²) < 4.78 is 48.8. The van der Waals surface area contributed by atoms with Gasteiger partial charge in [0.2, 0.25) is 5.91 Å². The van der Waals surface area contributed by atoms with Crippen LogP contribution >= 0.6 is 0 Å². The van der Waals surface area contributed by atoms with Crippen LogP contribution < -0.4 is 20.5 Å². The molecule has 0 aliphatic carbocycles. The van der Waals surface area contributed by atoms with E-state index in [9.17, 15) is 18.0 Å². The minimum Gasteiger partial charge on any atom is -0.492 e. The number of hydrogen-bond acceptors (Lipinski definition) is 5. The number of hydrogen-bond donors (Lipinski definition) is 2. The second-order valence-corrected chi connectivity index (χ2v) is 7.86. The molecule has 0 fully saturated rings. The Bertz CT molecular complexity index is 883. The molecule has 3 N–H and O–H groups in total. The molecule has 1 atom stereocenters. The van der Waals surface area contributed by atoms with Crippen molar-refractivity contribution in [3.05, 3.63) is 36.5 Å². The lowest BCUT2D eigenvalue weighted by molar-refractivity contribution is -0.274. The van der Waals surface area contributed by atoms with Gasteiger partial charge >= 0.3 is 6.36 Å². The lowest BCUT2D eigenvalue weighted by Gasteiger charge is -2.27. The highest BCUT2D eigenvalue weighted by atomic mass is 19.4. The summed E-state index contributed by atoms with van der Waals surface area (Å²) in [6, 6.07) is 7.15. The number of carbonyl (C=O) groups excluding carboxylic acids is 1. The van der Waals surface area contributed by atoms with E-state index in [-0.39, 0.29) is 29.6 Å². The number of rotatable bonds is 8. The quantitative estimate of drug-likeness (QED) is 0.638. The molecule has 0 aliphatic heterocycles. The number of nitrogens with zero attached hydrogens (tertiary/aromatic N) is 1. The van der Waals surface area contributed by atoms with Crippen LogP contribution in [0.15, 0.2) is 36.5 Å². The van der Waals surface area contributed by atoms with Gasteiger partial charge in [0.05, 0.1) is 0 Å². The SMILES string of the molecule is CC(=O)Nc1cc(-c2ccc(OC[C@@](C)(N)CC(C)C)cc2OC(F)(F)F)ccn1. The van der Waals surface area contributed by atoms with E-state index in [0.717, 1.165) is 0 Å². The van der Waals surface area contributed by atoms with Gasteiger partial charge in [-0.05, 0) is 49.1 Å². The molecule has 9 heteroatoms. The molecule has 0 unspecified atom stereocenters. The molecule has 0 bridgehead atoms. The number of anilines is 1. The van der Waals surface area contributed by atoms with Crippen LogP contribution in [0.4, 0.5) is 19.0 Å². The molecule has 2 rings (SSSR count). The fourth-order valence-electron chi connectivity index (χ4n) is 3.13. The summed E-state index contributed by atoms with van der Waals surface area (Å²) in [5.74, 6) is -0.0102. The average molecular weight is 425 g/mol. The first-order valence-corrected chi connectivity index (χ1v) is 9.40. The molecule has 30 heavy (non-hydrogen) atoms. The van der Waals surface area contributed by atoms with Gasteiger partial charge in [0.15, 0.2) is 0 Å². The largest absolute Gasteiger partial charge is 0.573 e.